The standard InChI is InChI=1S/C22H22ClN3O3S/c1-14-4-6-16(23)11-17(14)24-20(27)12-26-18-10-15(22(29)25-8-2-3-9-25)5-7-19(18)30-13-21(26)28/h4-7,10-11H,2-3,8-9,12-13H2,1H3,(H,24,27). The molecule has 3 amide bonds. The van der Waals surface area contributed by atoms with Gasteiger partial charge in [0.1, 0.15) is 6.54 Å². The summed E-state index contributed by atoms with van der Waals surface area (Å²) >= 11 is 7.45. The van der Waals surface area contributed by atoms with Crippen LogP contribution in [0.1, 0.15) is 28.8 Å². The Morgan fingerprint density at radius 3 is 2.67 bits per heavy atom. The van der Waals surface area contributed by atoms with Gasteiger partial charge < -0.3 is 15.1 Å². The zero-order chi connectivity index (χ0) is 21.3. The van der Waals surface area contributed by atoms with Crippen LogP contribution in [0.4, 0.5) is 11.4 Å². The molecule has 4 rings (SSSR count). The van der Waals surface area contributed by atoms with Crippen molar-refractivity contribution >= 4 is 52.5 Å². The Morgan fingerprint density at radius 1 is 1.13 bits per heavy atom. The molecule has 156 valence electrons. The number of halogens is 1. The van der Waals surface area contributed by atoms with Gasteiger partial charge >= 0.3 is 0 Å². The summed E-state index contributed by atoms with van der Waals surface area (Å²) in [6.45, 7) is 3.27. The first-order valence-corrected chi connectivity index (χ1v) is 11.2. The number of likely N-dealkylation sites (tertiary alicyclic amines) is 1. The molecule has 0 aromatic heterocycles. The molecule has 1 N–H and O–H groups in total. The Labute approximate surface area is 184 Å². The van der Waals surface area contributed by atoms with Crippen LogP contribution in [0.15, 0.2) is 41.3 Å². The zero-order valence-corrected chi connectivity index (χ0v) is 18.2. The minimum atomic E-state index is -0.317. The van der Waals surface area contributed by atoms with E-state index in [0.717, 1.165) is 36.4 Å². The molecule has 2 aromatic rings. The Kier molecular flexibility index (Phi) is 6.01. The third-order valence-electron chi connectivity index (χ3n) is 5.32. The lowest BCUT2D eigenvalue weighted by Gasteiger charge is -2.29. The van der Waals surface area contributed by atoms with Crippen molar-refractivity contribution in [3.05, 3.63) is 52.5 Å². The maximum Gasteiger partial charge on any atom is 0.253 e. The molecule has 2 aromatic carbocycles. The summed E-state index contributed by atoms with van der Waals surface area (Å²) in [5.41, 5.74) is 2.65. The molecule has 0 unspecified atom stereocenters. The second-order valence-corrected chi connectivity index (χ2v) is 8.91. The van der Waals surface area contributed by atoms with Crippen LogP contribution >= 0.6 is 23.4 Å². The van der Waals surface area contributed by atoms with E-state index >= 15 is 0 Å². The van der Waals surface area contributed by atoms with E-state index in [1.165, 1.54) is 16.7 Å². The number of carbonyl (C=O) groups excluding carboxylic acids is 3. The highest BCUT2D eigenvalue weighted by Gasteiger charge is 2.29. The molecule has 8 heteroatoms. The third kappa shape index (κ3) is 4.32. The molecule has 2 heterocycles. The molecular formula is C22H22ClN3O3S. The second kappa shape index (κ2) is 8.70. The average Bonchev–Trinajstić information content (AvgIpc) is 3.27. The first-order valence-electron chi connectivity index (χ1n) is 9.85. The van der Waals surface area contributed by atoms with Crippen molar-refractivity contribution in [2.45, 2.75) is 24.7 Å². The van der Waals surface area contributed by atoms with E-state index in [9.17, 15) is 14.4 Å². The Hall–Kier alpha value is -2.51. The summed E-state index contributed by atoms with van der Waals surface area (Å²) in [7, 11) is 0. The van der Waals surface area contributed by atoms with Crippen LogP contribution in [-0.4, -0.2) is 48.0 Å². The maximum atomic E-state index is 12.8. The molecule has 0 saturated carbocycles. The first-order chi connectivity index (χ1) is 14.4. The molecule has 1 saturated heterocycles. The van der Waals surface area contributed by atoms with E-state index in [4.69, 9.17) is 11.6 Å². The topological polar surface area (TPSA) is 69.7 Å². The highest BCUT2D eigenvalue weighted by molar-refractivity contribution is 8.00. The summed E-state index contributed by atoms with van der Waals surface area (Å²) in [5.74, 6) is -0.244. The van der Waals surface area contributed by atoms with Gasteiger partial charge in [-0.1, -0.05) is 17.7 Å². The Morgan fingerprint density at radius 2 is 1.90 bits per heavy atom. The average molecular weight is 444 g/mol. The van der Waals surface area contributed by atoms with Gasteiger partial charge in [-0.25, -0.2) is 0 Å². The minimum Gasteiger partial charge on any atom is -0.339 e. The largest absolute Gasteiger partial charge is 0.339 e. The lowest BCUT2D eigenvalue weighted by Crippen LogP contribution is -2.41. The summed E-state index contributed by atoms with van der Waals surface area (Å²) in [5, 5.41) is 3.36. The van der Waals surface area contributed by atoms with Gasteiger partial charge in [0, 0.05) is 34.3 Å². The fourth-order valence-corrected chi connectivity index (χ4v) is 4.76. The lowest BCUT2D eigenvalue weighted by molar-refractivity contribution is -0.120. The monoisotopic (exact) mass is 443 g/mol. The normalized spacial score (nSPS) is 15.9. The van der Waals surface area contributed by atoms with Crippen molar-refractivity contribution in [3.8, 4) is 0 Å². The predicted molar refractivity (Wildman–Crippen MR) is 119 cm³/mol. The number of rotatable bonds is 4. The van der Waals surface area contributed by atoms with E-state index in [-0.39, 0.29) is 30.0 Å². The first kappa shape index (κ1) is 20.8. The van der Waals surface area contributed by atoms with Gasteiger partial charge in [0.2, 0.25) is 11.8 Å². The number of amides is 3. The van der Waals surface area contributed by atoms with Crippen LogP contribution < -0.4 is 10.2 Å². The number of fused-ring (bicyclic) bond motifs is 1. The Bertz CT molecular complexity index is 1020. The van der Waals surface area contributed by atoms with Crippen molar-refractivity contribution in [1.82, 2.24) is 4.90 Å². The maximum absolute atomic E-state index is 12.8. The van der Waals surface area contributed by atoms with Crippen molar-refractivity contribution in [2.75, 3.05) is 35.6 Å². The minimum absolute atomic E-state index is 0.0303. The highest BCUT2D eigenvalue weighted by Crippen LogP contribution is 2.36. The second-order valence-electron chi connectivity index (χ2n) is 7.46. The van der Waals surface area contributed by atoms with Crippen molar-refractivity contribution in [1.29, 1.82) is 0 Å². The zero-order valence-electron chi connectivity index (χ0n) is 16.6. The number of hydrogen-bond donors (Lipinski definition) is 1. The van der Waals surface area contributed by atoms with Crippen molar-refractivity contribution in [3.63, 3.8) is 0 Å². The molecule has 6 nitrogen and oxygen atoms in total. The van der Waals surface area contributed by atoms with E-state index in [1.54, 1.807) is 24.3 Å². The van der Waals surface area contributed by atoms with Gasteiger partial charge in [-0.2, -0.15) is 0 Å². The number of nitrogens with one attached hydrogen (secondary N) is 1. The van der Waals surface area contributed by atoms with Crippen molar-refractivity contribution in [2.24, 2.45) is 0 Å². The summed E-state index contributed by atoms with van der Waals surface area (Å²) < 4.78 is 0. The number of carbonyl (C=O) groups is 3. The number of hydrogen-bond acceptors (Lipinski definition) is 4. The molecule has 2 aliphatic rings. The fourth-order valence-electron chi connectivity index (χ4n) is 3.67. The van der Waals surface area contributed by atoms with E-state index in [0.29, 0.717) is 22.0 Å². The summed E-state index contributed by atoms with van der Waals surface area (Å²) in [6.07, 6.45) is 2.03. The van der Waals surface area contributed by atoms with Crippen LogP contribution in [0, 0.1) is 6.92 Å². The van der Waals surface area contributed by atoms with Crippen LogP contribution in [0.2, 0.25) is 5.02 Å². The van der Waals surface area contributed by atoms with E-state index in [2.05, 4.69) is 5.32 Å². The molecule has 0 bridgehead atoms. The number of thioether (sulfide) groups is 1. The van der Waals surface area contributed by atoms with E-state index in [1.807, 2.05) is 24.0 Å². The van der Waals surface area contributed by atoms with Gasteiger partial charge in [-0.15, -0.1) is 11.8 Å². The number of nitrogens with zero attached hydrogens (tertiary/aromatic N) is 2. The van der Waals surface area contributed by atoms with Gasteiger partial charge in [0.25, 0.3) is 5.91 Å². The van der Waals surface area contributed by atoms with E-state index < -0.39 is 0 Å². The van der Waals surface area contributed by atoms with Crippen LogP contribution in [0.3, 0.4) is 0 Å². The lowest BCUT2D eigenvalue weighted by atomic mass is 10.1. The molecule has 0 atom stereocenters. The van der Waals surface area contributed by atoms with Crippen molar-refractivity contribution < 1.29 is 14.4 Å². The van der Waals surface area contributed by atoms with Gasteiger partial charge in [0.15, 0.2) is 0 Å². The van der Waals surface area contributed by atoms with Gasteiger partial charge in [-0.05, 0) is 55.7 Å². The van der Waals surface area contributed by atoms with Gasteiger partial charge in [-0.3, -0.25) is 14.4 Å². The van der Waals surface area contributed by atoms with Crippen LogP contribution in [-0.2, 0) is 9.59 Å². The van der Waals surface area contributed by atoms with Crippen LogP contribution in [0.25, 0.3) is 0 Å². The molecule has 0 spiro atoms. The number of anilines is 2. The molecular weight excluding hydrogens is 422 g/mol. The smallest absolute Gasteiger partial charge is 0.253 e. The highest BCUT2D eigenvalue weighted by atomic mass is 35.5. The summed E-state index contributed by atoms with van der Waals surface area (Å²) in [4.78, 5) is 42.3. The SMILES string of the molecule is Cc1ccc(Cl)cc1NC(=O)CN1C(=O)CSc2ccc(C(=O)N3CCCC3)cc21. The molecule has 30 heavy (non-hydrogen) atoms. The predicted octanol–water partition coefficient (Wildman–Crippen LogP) is 3.96. The molecule has 0 aliphatic carbocycles. The quantitative estimate of drug-likeness (QED) is 0.776. The molecule has 2 aliphatic heterocycles. The fraction of sp³-hybridized carbons (Fsp3) is 0.318. The Balaban J connectivity index is 1.56. The summed E-state index contributed by atoms with van der Waals surface area (Å²) in [6, 6.07) is 10.7. The third-order valence-corrected chi connectivity index (χ3v) is 6.60. The molecule has 1 fully saturated rings. The number of aryl methyl sites for hydroxylation is 1. The number of benzene rings is 2. The van der Waals surface area contributed by atoms with Crippen LogP contribution in [0.5, 0.6) is 0 Å². The van der Waals surface area contributed by atoms with Gasteiger partial charge in [0.05, 0.1) is 11.4 Å². The molecule has 0 radical (unpaired) electrons.